The number of aliphatic hydroxyl groups excluding tert-OH is 1. The molecule has 0 aromatic heterocycles. The number of anilines is 1. The maximum Gasteiger partial charge on any atom is 0.407 e. The topological polar surface area (TPSA) is 166 Å². The summed E-state index contributed by atoms with van der Waals surface area (Å²) in [5.74, 6) is -1.86. The summed E-state index contributed by atoms with van der Waals surface area (Å²) in [4.78, 5) is 47.2. The zero-order valence-corrected chi connectivity index (χ0v) is 18.0. The Labute approximate surface area is 187 Å². The van der Waals surface area contributed by atoms with Crippen LogP contribution in [0.25, 0.3) is 0 Å². The van der Waals surface area contributed by atoms with E-state index in [2.05, 4.69) is 16.0 Å². The van der Waals surface area contributed by atoms with Crippen molar-refractivity contribution in [3.63, 3.8) is 0 Å². The van der Waals surface area contributed by atoms with Crippen LogP contribution in [0.3, 0.4) is 0 Å². The van der Waals surface area contributed by atoms with E-state index in [1.807, 2.05) is 0 Å². The van der Waals surface area contributed by atoms with Gasteiger partial charge in [-0.05, 0) is 58.4 Å². The molecular weight excluding hydrogens is 420 g/mol. The first-order chi connectivity index (χ1) is 14.4. The van der Waals surface area contributed by atoms with E-state index in [9.17, 15) is 24.3 Å². The summed E-state index contributed by atoms with van der Waals surface area (Å²) >= 11 is 0. The van der Waals surface area contributed by atoms with E-state index in [0.717, 1.165) is 0 Å². The van der Waals surface area contributed by atoms with E-state index in [-0.39, 0.29) is 31.9 Å². The number of benzene rings is 1. The molecule has 0 aliphatic rings. The van der Waals surface area contributed by atoms with Crippen molar-refractivity contribution in [1.29, 1.82) is 0 Å². The maximum atomic E-state index is 12.2. The fourth-order valence-electron chi connectivity index (χ4n) is 2.38. The van der Waals surface area contributed by atoms with Crippen molar-refractivity contribution in [2.45, 2.75) is 65.7 Å². The second-order valence-electron chi connectivity index (χ2n) is 7.83. The van der Waals surface area contributed by atoms with Gasteiger partial charge in [-0.25, -0.2) is 10.3 Å². The highest BCUT2D eigenvalue weighted by molar-refractivity contribution is 5.98. The van der Waals surface area contributed by atoms with Gasteiger partial charge in [0.05, 0.1) is 6.10 Å². The zero-order chi connectivity index (χ0) is 23.6. The van der Waals surface area contributed by atoms with Gasteiger partial charge in [-0.15, -0.1) is 0 Å². The number of aliphatic hydroxyl groups is 1. The van der Waals surface area contributed by atoms with Crippen LogP contribution in [0.4, 0.5) is 10.5 Å². The number of ether oxygens (including phenoxy) is 1. The summed E-state index contributed by atoms with van der Waals surface area (Å²) < 4.78 is 5.10. The summed E-state index contributed by atoms with van der Waals surface area (Å²) in [5.41, 5.74) is 1.44. The van der Waals surface area contributed by atoms with E-state index < -0.39 is 35.7 Å². The van der Waals surface area contributed by atoms with Crippen LogP contribution in [0.5, 0.6) is 0 Å². The lowest BCUT2D eigenvalue weighted by atomic mass is 10.1. The first kappa shape index (κ1) is 28.8. The molecule has 0 fully saturated rings. The molecular formula is C21H34N4O7. The summed E-state index contributed by atoms with van der Waals surface area (Å²) in [7, 11) is 0. The second kappa shape index (κ2) is 13.3. The van der Waals surface area contributed by atoms with Crippen molar-refractivity contribution in [2.75, 3.05) is 11.9 Å². The second-order valence-corrected chi connectivity index (χ2v) is 7.83. The van der Waals surface area contributed by atoms with Gasteiger partial charge in [-0.3, -0.25) is 19.6 Å². The molecule has 32 heavy (non-hydrogen) atoms. The standard InChI is InChI=1S/C20H30N4O7.CH4/c1-12(25)16(18(28)24-30)23-17(27)13-7-9-14(10-8-13)22-15(26)6-5-11-21-19(29)31-20(2,3)4;/h7-10,12,16,25,30H,5-6,11H2,1-4H3,(H,21,29)(H,22,26)(H,23,27)(H,24,28);1H4/t12-,16+;/m1./s1. The summed E-state index contributed by atoms with van der Waals surface area (Å²) in [6.07, 6.45) is -1.18. The van der Waals surface area contributed by atoms with Gasteiger partial charge < -0.3 is 25.8 Å². The van der Waals surface area contributed by atoms with Crippen LogP contribution in [0.2, 0.25) is 0 Å². The molecule has 0 saturated carbocycles. The number of amides is 4. The molecule has 0 bridgehead atoms. The van der Waals surface area contributed by atoms with Crippen molar-refractivity contribution >= 4 is 29.5 Å². The molecule has 0 radical (unpaired) electrons. The fraction of sp³-hybridized carbons (Fsp3) is 0.524. The Morgan fingerprint density at radius 3 is 2.19 bits per heavy atom. The Bertz CT molecular complexity index is 773. The van der Waals surface area contributed by atoms with Crippen molar-refractivity contribution < 1.29 is 34.2 Å². The van der Waals surface area contributed by atoms with Gasteiger partial charge in [0.15, 0.2) is 0 Å². The van der Waals surface area contributed by atoms with Gasteiger partial charge in [0.2, 0.25) is 5.91 Å². The number of hydrogen-bond acceptors (Lipinski definition) is 7. The monoisotopic (exact) mass is 454 g/mol. The van der Waals surface area contributed by atoms with Crippen LogP contribution < -0.4 is 21.4 Å². The van der Waals surface area contributed by atoms with Gasteiger partial charge in [-0.2, -0.15) is 0 Å². The molecule has 1 aromatic rings. The van der Waals surface area contributed by atoms with Gasteiger partial charge in [0.25, 0.3) is 11.8 Å². The number of carbonyl (C=O) groups excluding carboxylic acids is 4. The minimum Gasteiger partial charge on any atom is -0.444 e. The molecule has 11 heteroatoms. The van der Waals surface area contributed by atoms with Gasteiger partial charge in [0, 0.05) is 24.2 Å². The van der Waals surface area contributed by atoms with E-state index in [0.29, 0.717) is 12.1 Å². The number of hydrogen-bond donors (Lipinski definition) is 6. The molecule has 2 atom stereocenters. The molecule has 0 aliphatic heterocycles. The molecule has 180 valence electrons. The SMILES string of the molecule is C.C[C@@H](O)[C@H](NC(=O)c1ccc(NC(=O)CCCNC(=O)OC(C)(C)C)cc1)C(=O)NO. The smallest absolute Gasteiger partial charge is 0.407 e. The van der Waals surface area contributed by atoms with Crippen molar-refractivity contribution in [3.8, 4) is 0 Å². The van der Waals surface area contributed by atoms with Crippen LogP contribution in [-0.4, -0.2) is 58.4 Å². The number of nitrogens with one attached hydrogen (secondary N) is 4. The minimum atomic E-state index is -1.33. The average Bonchev–Trinajstić information content (AvgIpc) is 2.67. The third-order valence-corrected chi connectivity index (χ3v) is 3.84. The highest BCUT2D eigenvalue weighted by Gasteiger charge is 2.25. The third-order valence-electron chi connectivity index (χ3n) is 3.84. The van der Waals surface area contributed by atoms with Crippen molar-refractivity contribution in [1.82, 2.24) is 16.1 Å². The first-order valence-electron chi connectivity index (χ1n) is 9.72. The number of alkyl carbamates (subject to hydrolysis) is 1. The molecule has 0 unspecified atom stereocenters. The molecule has 11 nitrogen and oxygen atoms in total. The van der Waals surface area contributed by atoms with Gasteiger partial charge in [0.1, 0.15) is 11.6 Å². The lowest BCUT2D eigenvalue weighted by Gasteiger charge is -2.19. The lowest BCUT2D eigenvalue weighted by molar-refractivity contribution is -0.133. The molecule has 1 rings (SSSR count). The normalized spacial score (nSPS) is 12.4. The molecule has 4 amide bonds. The summed E-state index contributed by atoms with van der Waals surface area (Å²) in [5, 5.41) is 25.8. The Morgan fingerprint density at radius 1 is 1.09 bits per heavy atom. The highest BCUT2D eigenvalue weighted by Crippen LogP contribution is 2.11. The lowest BCUT2D eigenvalue weighted by Crippen LogP contribution is -2.51. The molecule has 0 saturated heterocycles. The fourth-order valence-corrected chi connectivity index (χ4v) is 2.38. The Kier molecular flexibility index (Phi) is 12.0. The average molecular weight is 455 g/mol. The molecule has 6 N–H and O–H groups in total. The predicted molar refractivity (Wildman–Crippen MR) is 118 cm³/mol. The number of rotatable bonds is 9. The zero-order valence-electron chi connectivity index (χ0n) is 18.0. The minimum absolute atomic E-state index is 0. The molecule has 1 aromatic carbocycles. The van der Waals surface area contributed by atoms with Gasteiger partial charge >= 0.3 is 6.09 Å². The third kappa shape index (κ3) is 10.7. The maximum absolute atomic E-state index is 12.2. The Morgan fingerprint density at radius 2 is 1.69 bits per heavy atom. The van der Waals surface area contributed by atoms with E-state index in [1.54, 1.807) is 20.8 Å². The van der Waals surface area contributed by atoms with Crippen LogP contribution in [0.1, 0.15) is 58.3 Å². The molecule has 0 aliphatic carbocycles. The predicted octanol–water partition coefficient (Wildman–Crippen LogP) is 1.55. The Hall–Kier alpha value is -3.18. The number of hydroxylamine groups is 1. The number of carbonyl (C=O) groups is 4. The van der Waals surface area contributed by atoms with Crippen LogP contribution in [-0.2, 0) is 14.3 Å². The molecule has 0 heterocycles. The Balaban J connectivity index is 0.00000961. The van der Waals surface area contributed by atoms with Crippen molar-refractivity contribution in [3.05, 3.63) is 29.8 Å². The van der Waals surface area contributed by atoms with Crippen LogP contribution >= 0.6 is 0 Å². The highest BCUT2D eigenvalue weighted by atomic mass is 16.6. The van der Waals surface area contributed by atoms with E-state index in [1.165, 1.54) is 36.7 Å². The van der Waals surface area contributed by atoms with E-state index >= 15 is 0 Å². The van der Waals surface area contributed by atoms with E-state index in [4.69, 9.17) is 9.94 Å². The summed E-state index contributed by atoms with van der Waals surface area (Å²) in [6.45, 7) is 6.85. The first-order valence-corrected chi connectivity index (χ1v) is 9.72. The van der Waals surface area contributed by atoms with Crippen LogP contribution in [0, 0.1) is 0 Å². The molecule has 0 spiro atoms. The largest absolute Gasteiger partial charge is 0.444 e. The van der Waals surface area contributed by atoms with Crippen molar-refractivity contribution in [2.24, 2.45) is 0 Å². The summed E-state index contributed by atoms with van der Waals surface area (Å²) in [6, 6.07) is 4.56. The van der Waals surface area contributed by atoms with Gasteiger partial charge in [-0.1, -0.05) is 7.43 Å². The van der Waals surface area contributed by atoms with Crippen LogP contribution in [0.15, 0.2) is 24.3 Å². The quantitative estimate of drug-likeness (QED) is 0.187.